The van der Waals surface area contributed by atoms with Crippen LogP contribution in [0, 0.1) is 0 Å². The van der Waals surface area contributed by atoms with E-state index in [1.165, 1.54) is 4.31 Å². The molecule has 0 atom stereocenters. The molecule has 0 bridgehead atoms. The van der Waals surface area contributed by atoms with Crippen LogP contribution in [0.2, 0.25) is 0 Å². The molecule has 4 nitrogen and oxygen atoms in total. The minimum Gasteiger partial charge on any atom is -0.395 e. The lowest BCUT2D eigenvalue weighted by atomic mass is 9.95. The summed E-state index contributed by atoms with van der Waals surface area (Å²) in [7, 11) is -3.62. The van der Waals surface area contributed by atoms with Crippen LogP contribution in [0.25, 0.3) is 0 Å². The van der Waals surface area contributed by atoms with E-state index in [0.29, 0.717) is 4.47 Å². The molecular formula is C14H19Br2NO3S. The van der Waals surface area contributed by atoms with Crippen molar-refractivity contribution < 1.29 is 13.5 Å². The number of benzene rings is 1. The standard InChI is InChI=1S/C14H19Br2NO3S/c15-11-6-7-13(16)14(10-11)21(19,20)17(8-9-18)12-4-2-1-3-5-12/h6-7,10,12,18H,1-5,8-9H2. The van der Waals surface area contributed by atoms with Crippen molar-refractivity contribution in [3.63, 3.8) is 0 Å². The Hall–Kier alpha value is 0.0500. The zero-order chi connectivity index (χ0) is 15.5. The van der Waals surface area contributed by atoms with E-state index in [4.69, 9.17) is 0 Å². The van der Waals surface area contributed by atoms with Crippen molar-refractivity contribution in [1.82, 2.24) is 4.31 Å². The van der Waals surface area contributed by atoms with Crippen molar-refractivity contribution in [2.45, 2.75) is 43.0 Å². The van der Waals surface area contributed by atoms with E-state index in [1.54, 1.807) is 18.2 Å². The van der Waals surface area contributed by atoms with E-state index >= 15 is 0 Å². The number of halogens is 2. The molecule has 0 radical (unpaired) electrons. The first-order valence-corrected chi connectivity index (χ1v) is 10.1. The second-order valence-corrected chi connectivity index (χ2v) is 8.83. The number of sulfonamides is 1. The fourth-order valence-electron chi connectivity index (χ4n) is 2.77. The van der Waals surface area contributed by atoms with Gasteiger partial charge in [0, 0.05) is 21.5 Å². The van der Waals surface area contributed by atoms with Gasteiger partial charge in [-0.15, -0.1) is 0 Å². The van der Waals surface area contributed by atoms with Gasteiger partial charge in [-0.1, -0.05) is 35.2 Å². The SMILES string of the molecule is O=S(=O)(c1cc(Br)ccc1Br)N(CCO)C1CCCCC1. The van der Waals surface area contributed by atoms with Crippen molar-refractivity contribution in [3.05, 3.63) is 27.1 Å². The molecule has 1 aliphatic carbocycles. The van der Waals surface area contributed by atoms with Gasteiger partial charge in [-0.3, -0.25) is 0 Å². The topological polar surface area (TPSA) is 57.6 Å². The molecular weight excluding hydrogens is 422 g/mol. The second kappa shape index (κ2) is 7.55. The average Bonchev–Trinajstić information content (AvgIpc) is 2.48. The maximum absolute atomic E-state index is 13.0. The number of rotatable bonds is 5. The van der Waals surface area contributed by atoms with E-state index < -0.39 is 10.0 Å². The fraction of sp³-hybridized carbons (Fsp3) is 0.571. The Bertz CT molecular complexity index is 586. The molecule has 0 heterocycles. The van der Waals surface area contributed by atoms with Crippen molar-refractivity contribution in [2.75, 3.05) is 13.2 Å². The number of aliphatic hydroxyl groups excluding tert-OH is 1. The summed E-state index contributed by atoms with van der Waals surface area (Å²) in [4.78, 5) is 0.246. The predicted octanol–water partition coefficient (Wildman–Crippen LogP) is 3.53. The number of hydrogen-bond donors (Lipinski definition) is 1. The molecule has 0 unspecified atom stereocenters. The van der Waals surface area contributed by atoms with E-state index in [1.807, 2.05) is 0 Å². The summed E-state index contributed by atoms with van der Waals surface area (Å²) in [6.45, 7) is -0.0205. The third-order valence-corrected chi connectivity index (χ3v) is 7.22. The first-order chi connectivity index (χ1) is 9.96. The van der Waals surface area contributed by atoms with Gasteiger partial charge in [0.25, 0.3) is 0 Å². The molecule has 1 aromatic carbocycles. The fourth-order valence-corrected chi connectivity index (χ4v) is 5.91. The Morgan fingerprint density at radius 1 is 1.19 bits per heavy atom. The molecule has 2 rings (SSSR count). The van der Waals surface area contributed by atoms with Gasteiger partial charge in [-0.05, 0) is 47.0 Å². The third-order valence-electron chi connectivity index (χ3n) is 3.78. The van der Waals surface area contributed by atoms with Crippen LogP contribution >= 0.6 is 31.9 Å². The average molecular weight is 441 g/mol. The summed E-state index contributed by atoms with van der Waals surface area (Å²) >= 11 is 6.64. The Morgan fingerprint density at radius 2 is 1.86 bits per heavy atom. The summed E-state index contributed by atoms with van der Waals surface area (Å²) in [5, 5.41) is 9.27. The quantitative estimate of drug-likeness (QED) is 0.761. The minimum absolute atomic E-state index is 0.0122. The van der Waals surface area contributed by atoms with Crippen LogP contribution < -0.4 is 0 Å². The molecule has 1 N–H and O–H groups in total. The lowest BCUT2D eigenvalue weighted by Gasteiger charge is -2.33. The highest BCUT2D eigenvalue weighted by Crippen LogP contribution is 2.32. The lowest BCUT2D eigenvalue weighted by Crippen LogP contribution is -2.43. The van der Waals surface area contributed by atoms with Crippen molar-refractivity contribution in [1.29, 1.82) is 0 Å². The zero-order valence-electron chi connectivity index (χ0n) is 11.6. The Labute approximate surface area is 142 Å². The highest BCUT2D eigenvalue weighted by molar-refractivity contribution is 9.11. The normalized spacial score (nSPS) is 17.3. The number of aliphatic hydroxyl groups is 1. The Morgan fingerprint density at radius 3 is 2.48 bits per heavy atom. The molecule has 1 saturated carbocycles. The largest absolute Gasteiger partial charge is 0.395 e. The van der Waals surface area contributed by atoms with Crippen LogP contribution in [0.15, 0.2) is 32.0 Å². The predicted molar refractivity (Wildman–Crippen MR) is 89.7 cm³/mol. The van der Waals surface area contributed by atoms with Crippen LogP contribution in [-0.2, 0) is 10.0 Å². The molecule has 1 aliphatic rings. The zero-order valence-corrected chi connectivity index (χ0v) is 15.6. The molecule has 118 valence electrons. The van der Waals surface area contributed by atoms with E-state index in [2.05, 4.69) is 31.9 Å². The summed E-state index contributed by atoms with van der Waals surface area (Å²) in [5.74, 6) is 0. The van der Waals surface area contributed by atoms with Crippen LogP contribution in [0.5, 0.6) is 0 Å². The van der Waals surface area contributed by atoms with Gasteiger partial charge in [0.05, 0.1) is 11.5 Å². The molecule has 0 saturated heterocycles. The van der Waals surface area contributed by atoms with Gasteiger partial charge in [0.2, 0.25) is 10.0 Å². The Kier molecular flexibility index (Phi) is 6.25. The van der Waals surface area contributed by atoms with E-state index in [-0.39, 0.29) is 24.1 Å². The summed E-state index contributed by atoms with van der Waals surface area (Å²) in [6.07, 6.45) is 4.98. The molecule has 0 spiro atoms. The molecule has 7 heteroatoms. The van der Waals surface area contributed by atoms with Crippen molar-refractivity contribution in [2.24, 2.45) is 0 Å². The summed E-state index contributed by atoms with van der Waals surface area (Å²) < 4.78 is 28.7. The lowest BCUT2D eigenvalue weighted by molar-refractivity contribution is 0.199. The van der Waals surface area contributed by atoms with Gasteiger partial charge < -0.3 is 5.11 Å². The van der Waals surface area contributed by atoms with Gasteiger partial charge in [0.1, 0.15) is 0 Å². The molecule has 1 fully saturated rings. The van der Waals surface area contributed by atoms with Crippen molar-refractivity contribution in [3.8, 4) is 0 Å². The number of hydrogen-bond acceptors (Lipinski definition) is 3. The highest BCUT2D eigenvalue weighted by atomic mass is 79.9. The highest BCUT2D eigenvalue weighted by Gasteiger charge is 2.33. The molecule has 21 heavy (non-hydrogen) atoms. The molecule has 0 aromatic heterocycles. The third kappa shape index (κ3) is 4.07. The summed E-state index contributed by atoms with van der Waals surface area (Å²) in [6, 6.07) is 5.10. The van der Waals surface area contributed by atoms with Crippen LogP contribution in [0.4, 0.5) is 0 Å². The van der Waals surface area contributed by atoms with Gasteiger partial charge in [0.15, 0.2) is 0 Å². The minimum atomic E-state index is -3.62. The maximum atomic E-state index is 13.0. The van der Waals surface area contributed by atoms with E-state index in [9.17, 15) is 13.5 Å². The number of nitrogens with zero attached hydrogens (tertiary/aromatic N) is 1. The first kappa shape index (κ1) is 17.4. The summed E-state index contributed by atoms with van der Waals surface area (Å²) in [5.41, 5.74) is 0. The molecule has 0 amide bonds. The molecule has 1 aromatic rings. The van der Waals surface area contributed by atoms with Crippen LogP contribution in [0.3, 0.4) is 0 Å². The first-order valence-electron chi connectivity index (χ1n) is 7.04. The smallest absolute Gasteiger partial charge is 0.244 e. The monoisotopic (exact) mass is 439 g/mol. The van der Waals surface area contributed by atoms with Crippen LogP contribution in [0.1, 0.15) is 32.1 Å². The van der Waals surface area contributed by atoms with Crippen molar-refractivity contribution >= 4 is 41.9 Å². The van der Waals surface area contributed by atoms with Gasteiger partial charge >= 0.3 is 0 Å². The second-order valence-electron chi connectivity index (χ2n) is 5.21. The van der Waals surface area contributed by atoms with E-state index in [0.717, 1.165) is 36.6 Å². The Balaban J connectivity index is 2.39. The van der Waals surface area contributed by atoms with Gasteiger partial charge in [-0.2, -0.15) is 4.31 Å². The molecule has 0 aliphatic heterocycles. The maximum Gasteiger partial charge on any atom is 0.244 e. The van der Waals surface area contributed by atoms with Crippen LogP contribution in [-0.4, -0.2) is 37.0 Å². The van der Waals surface area contributed by atoms with Gasteiger partial charge in [-0.25, -0.2) is 8.42 Å².